The van der Waals surface area contributed by atoms with Crippen molar-refractivity contribution in [1.82, 2.24) is 4.90 Å². The monoisotopic (exact) mass is 341 g/mol. The Hall–Kier alpha value is -1.07. The third-order valence-electron chi connectivity index (χ3n) is 4.02. The van der Waals surface area contributed by atoms with Crippen molar-refractivity contribution in [3.05, 3.63) is 42.5 Å². The molecular weight excluding hydrogens is 314 g/mol. The second-order valence-corrected chi connectivity index (χ2v) is 6.38. The molecule has 0 saturated carbocycles. The summed E-state index contributed by atoms with van der Waals surface area (Å²) in [5.41, 5.74) is 1.05. The Morgan fingerprint density at radius 2 is 2.17 bits per heavy atom. The molecule has 1 unspecified atom stereocenters. The lowest BCUT2D eigenvalue weighted by molar-refractivity contribution is -0.0703. The van der Waals surface area contributed by atoms with Crippen LogP contribution in [-0.4, -0.2) is 54.6 Å². The molecule has 5 heteroatoms. The predicted octanol–water partition coefficient (Wildman–Crippen LogP) is 2.69. The minimum Gasteiger partial charge on any atom is -0.491 e. The Bertz CT molecular complexity index is 493. The van der Waals surface area contributed by atoms with Gasteiger partial charge in [0.05, 0.1) is 13.2 Å². The van der Waals surface area contributed by atoms with E-state index >= 15 is 0 Å². The predicted molar refractivity (Wildman–Crippen MR) is 95.6 cm³/mol. The van der Waals surface area contributed by atoms with Crippen molar-refractivity contribution < 1.29 is 14.6 Å². The Morgan fingerprint density at radius 3 is 2.87 bits per heavy atom. The van der Waals surface area contributed by atoms with E-state index in [1.54, 1.807) is 0 Å². The smallest absolute Gasteiger partial charge is 0.122 e. The maximum absolute atomic E-state index is 10.3. The van der Waals surface area contributed by atoms with Gasteiger partial charge in [0.2, 0.25) is 0 Å². The summed E-state index contributed by atoms with van der Waals surface area (Å²) in [6.07, 6.45) is 2.10. The molecule has 1 heterocycles. The maximum atomic E-state index is 10.3. The molecule has 23 heavy (non-hydrogen) atoms. The van der Waals surface area contributed by atoms with Gasteiger partial charge in [0.25, 0.3) is 0 Å². The number of aliphatic hydroxyl groups is 1. The average molecular weight is 342 g/mol. The van der Waals surface area contributed by atoms with Crippen molar-refractivity contribution in [2.24, 2.45) is 0 Å². The summed E-state index contributed by atoms with van der Waals surface area (Å²) >= 11 is 0. The van der Waals surface area contributed by atoms with E-state index in [4.69, 9.17) is 9.47 Å². The first kappa shape index (κ1) is 20.0. The molecule has 2 rings (SSSR count). The third-order valence-corrected chi connectivity index (χ3v) is 4.02. The number of aliphatic hydroxyl groups excluding tert-OH is 1. The summed E-state index contributed by atoms with van der Waals surface area (Å²) in [5.74, 6) is 0.822. The van der Waals surface area contributed by atoms with Crippen LogP contribution in [0.3, 0.4) is 0 Å². The highest BCUT2D eigenvalue weighted by atomic mass is 35.5. The van der Waals surface area contributed by atoms with E-state index in [0.29, 0.717) is 19.8 Å². The molecule has 1 aromatic carbocycles. The number of ether oxygens (including phenoxy) is 2. The van der Waals surface area contributed by atoms with Crippen molar-refractivity contribution in [1.29, 1.82) is 0 Å². The van der Waals surface area contributed by atoms with Gasteiger partial charge in [0.1, 0.15) is 18.5 Å². The lowest BCUT2D eigenvalue weighted by Gasteiger charge is -2.42. The van der Waals surface area contributed by atoms with E-state index in [1.807, 2.05) is 30.3 Å². The van der Waals surface area contributed by atoms with Gasteiger partial charge in [-0.15, -0.1) is 19.0 Å². The highest BCUT2D eigenvalue weighted by Gasteiger charge is 2.31. The molecule has 0 bridgehead atoms. The van der Waals surface area contributed by atoms with Crippen LogP contribution >= 0.6 is 12.4 Å². The summed E-state index contributed by atoms with van der Waals surface area (Å²) in [4.78, 5) is 2.26. The lowest BCUT2D eigenvalue weighted by atomic mass is 10.0. The number of benzene rings is 1. The molecule has 1 saturated heterocycles. The van der Waals surface area contributed by atoms with Gasteiger partial charge in [-0.3, -0.25) is 4.90 Å². The van der Waals surface area contributed by atoms with Crippen LogP contribution in [0.1, 0.15) is 19.4 Å². The van der Waals surface area contributed by atoms with Gasteiger partial charge >= 0.3 is 0 Å². The number of allylic oxidation sites excluding steroid dienone is 1. The molecule has 1 N–H and O–H groups in total. The molecule has 1 atom stereocenters. The molecule has 1 aliphatic rings. The molecule has 0 aromatic heterocycles. The van der Waals surface area contributed by atoms with Crippen molar-refractivity contribution in [3.63, 3.8) is 0 Å². The van der Waals surface area contributed by atoms with Crippen LogP contribution in [0.15, 0.2) is 36.9 Å². The van der Waals surface area contributed by atoms with Crippen molar-refractivity contribution in [3.8, 4) is 5.75 Å². The number of halogens is 1. The molecule has 1 fully saturated rings. The van der Waals surface area contributed by atoms with Gasteiger partial charge in [-0.25, -0.2) is 0 Å². The summed E-state index contributed by atoms with van der Waals surface area (Å²) in [6, 6.07) is 7.89. The summed E-state index contributed by atoms with van der Waals surface area (Å²) in [5, 5.41) is 10.3. The highest BCUT2D eigenvalue weighted by Crippen LogP contribution is 2.21. The molecule has 130 valence electrons. The molecule has 0 aliphatic carbocycles. The summed E-state index contributed by atoms with van der Waals surface area (Å²) < 4.78 is 11.3. The van der Waals surface area contributed by atoms with Crippen LogP contribution in [0.25, 0.3) is 0 Å². The first-order valence-corrected chi connectivity index (χ1v) is 7.85. The number of β-amino-alcohol motifs (C(OH)–C–C–N with tert-alkyl or cyclic N) is 1. The van der Waals surface area contributed by atoms with Crippen molar-refractivity contribution in [2.75, 3.05) is 32.9 Å². The van der Waals surface area contributed by atoms with Crippen LogP contribution in [0.4, 0.5) is 0 Å². The number of para-hydroxylation sites is 1. The number of nitrogens with zero attached hydrogens (tertiary/aromatic N) is 1. The highest BCUT2D eigenvalue weighted by molar-refractivity contribution is 5.85. The molecule has 0 amide bonds. The normalized spacial score (nSPS) is 18.7. The van der Waals surface area contributed by atoms with Gasteiger partial charge in [-0.05, 0) is 31.9 Å². The van der Waals surface area contributed by atoms with E-state index in [1.165, 1.54) is 0 Å². The number of hydrogen-bond donors (Lipinski definition) is 1. The fourth-order valence-electron chi connectivity index (χ4n) is 2.69. The van der Waals surface area contributed by atoms with Crippen molar-refractivity contribution >= 4 is 12.4 Å². The molecule has 1 aromatic rings. The number of rotatable bonds is 7. The van der Waals surface area contributed by atoms with Gasteiger partial charge in [0.15, 0.2) is 0 Å². The zero-order valence-corrected chi connectivity index (χ0v) is 14.8. The van der Waals surface area contributed by atoms with E-state index < -0.39 is 6.10 Å². The molecule has 4 nitrogen and oxygen atoms in total. The number of hydrogen-bond acceptors (Lipinski definition) is 4. The second-order valence-electron chi connectivity index (χ2n) is 6.38. The quantitative estimate of drug-likeness (QED) is 0.774. The molecular formula is C18H28ClNO3. The Labute approximate surface area is 145 Å². The first-order valence-electron chi connectivity index (χ1n) is 7.85. The Morgan fingerprint density at radius 1 is 1.43 bits per heavy atom. The number of morpholine rings is 1. The first-order chi connectivity index (χ1) is 10.5. The zero-order chi connectivity index (χ0) is 16.0. The average Bonchev–Trinajstić information content (AvgIpc) is 2.49. The standard InChI is InChI=1S/C18H27NO3.ClH/c1-4-7-15-8-5-6-9-17(15)22-13-16(20)12-19-10-11-21-14-18(19,2)3;/h4-6,8-9,16,20H,1,7,10-14H2,2-3H3;1H. The van der Waals surface area contributed by atoms with Gasteiger partial charge < -0.3 is 14.6 Å². The minimum atomic E-state index is -0.519. The summed E-state index contributed by atoms with van der Waals surface area (Å²) in [7, 11) is 0. The van der Waals surface area contributed by atoms with E-state index in [2.05, 4.69) is 25.3 Å². The van der Waals surface area contributed by atoms with Crippen molar-refractivity contribution in [2.45, 2.75) is 31.9 Å². The lowest BCUT2D eigenvalue weighted by Crippen LogP contribution is -2.55. The van der Waals surface area contributed by atoms with Crippen LogP contribution in [0.2, 0.25) is 0 Å². The SMILES string of the molecule is C=CCc1ccccc1OCC(O)CN1CCOCC1(C)C.Cl. The van der Waals surface area contributed by atoms with Gasteiger partial charge in [-0.2, -0.15) is 0 Å². The fourth-order valence-corrected chi connectivity index (χ4v) is 2.69. The van der Waals surface area contributed by atoms with E-state index in [-0.39, 0.29) is 17.9 Å². The van der Waals surface area contributed by atoms with Crippen LogP contribution in [-0.2, 0) is 11.2 Å². The van der Waals surface area contributed by atoms with Crippen LogP contribution in [0.5, 0.6) is 5.75 Å². The Kier molecular flexibility index (Phi) is 8.06. The maximum Gasteiger partial charge on any atom is 0.122 e. The second kappa shape index (κ2) is 9.28. The third kappa shape index (κ3) is 5.81. The van der Waals surface area contributed by atoms with Gasteiger partial charge in [-0.1, -0.05) is 24.3 Å². The Balaban J connectivity index is 0.00000264. The fraction of sp³-hybridized carbons (Fsp3) is 0.556. The van der Waals surface area contributed by atoms with Crippen LogP contribution < -0.4 is 4.74 Å². The zero-order valence-electron chi connectivity index (χ0n) is 14.0. The largest absolute Gasteiger partial charge is 0.491 e. The molecule has 0 radical (unpaired) electrons. The van der Waals surface area contributed by atoms with Crippen LogP contribution in [0, 0.1) is 0 Å². The molecule has 1 aliphatic heterocycles. The minimum absolute atomic E-state index is 0. The van der Waals surface area contributed by atoms with E-state index in [9.17, 15) is 5.11 Å². The summed E-state index contributed by atoms with van der Waals surface area (Å²) in [6.45, 7) is 11.2. The van der Waals surface area contributed by atoms with E-state index in [0.717, 1.165) is 30.9 Å². The topological polar surface area (TPSA) is 41.9 Å². The van der Waals surface area contributed by atoms with Gasteiger partial charge in [0, 0.05) is 18.6 Å². The molecule has 0 spiro atoms.